The van der Waals surface area contributed by atoms with Crippen LogP contribution in [-0.4, -0.2) is 22.2 Å². The van der Waals surface area contributed by atoms with Gasteiger partial charge in [-0.3, -0.25) is 9.69 Å². The first-order valence-corrected chi connectivity index (χ1v) is 9.63. The zero-order chi connectivity index (χ0) is 21.8. The molecule has 2 N–H and O–H groups in total. The van der Waals surface area contributed by atoms with Crippen molar-refractivity contribution in [2.75, 3.05) is 10.2 Å². The number of anilines is 3. The van der Waals surface area contributed by atoms with Crippen molar-refractivity contribution in [2.24, 2.45) is 0 Å². The molecule has 0 saturated carbocycles. The molecule has 9 heteroatoms. The molecule has 2 aromatic carbocycles. The molecular weight excluding hydrogens is 435 g/mol. The number of nitrogens with one attached hydrogen (secondary N) is 1. The van der Waals surface area contributed by atoms with Crippen LogP contribution in [-0.2, 0) is 11.2 Å². The van der Waals surface area contributed by atoms with Crippen molar-refractivity contribution < 1.29 is 18.7 Å². The average molecular weight is 452 g/mol. The van der Waals surface area contributed by atoms with Crippen molar-refractivity contribution in [3.63, 3.8) is 0 Å². The summed E-state index contributed by atoms with van der Waals surface area (Å²) >= 11 is 12.2. The van der Waals surface area contributed by atoms with Crippen molar-refractivity contribution in [3.05, 3.63) is 82.0 Å². The van der Waals surface area contributed by atoms with Gasteiger partial charge in [0.2, 0.25) is 5.91 Å². The fourth-order valence-corrected chi connectivity index (χ4v) is 3.42. The van der Waals surface area contributed by atoms with Crippen LogP contribution in [0.4, 0.5) is 26.0 Å². The molecule has 0 spiro atoms. The number of rotatable bonds is 6. The van der Waals surface area contributed by atoms with Crippen molar-refractivity contribution in [3.8, 4) is 0 Å². The molecule has 1 amide bonds. The molecule has 1 heterocycles. The maximum Gasteiger partial charge on any atom is 0.228 e. The van der Waals surface area contributed by atoms with E-state index in [-0.39, 0.29) is 23.8 Å². The molecule has 0 aliphatic carbocycles. The number of carbonyl (C=O) groups is 1. The first-order valence-electron chi connectivity index (χ1n) is 8.88. The summed E-state index contributed by atoms with van der Waals surface area (Å²) < 4.78 is 27.9. The molecule has 156 valence electrons. The summed E-state index contributed by atoms with van der Waals surface area (Å²) in [7, 11) is 0. The third kappa shape index (κ3) is 4.87. The van der Waals surface area contributed by atoms with E-state index in [1.807, 2.05) is 0 Å². The van der Waals surface area contributed by atoms with Crippen molar-refractivity contribution >= 4 is 46.3 Å². The minimum Gasteiger partial charge on any atom is -0.373 e. The number of hydrogen-bond acceptors (Lipinski definition) is 4. The minimum atomic E-state index is -1.22. The lowest BCUT2D eigenvalue weighted by Gasteiger charge is -2.27. The van der Waals surface area contributed by atoms with Gasteiger partial charge in [0.05, 0.1) is 12.1 Å². The number of nitrogens with zero attached hydrogens (tertiary/aromatic N) is 2. The lowest BCUT2D eigenvalue weighted by molar-refractivity contribution is -0.115. The Hall–Kier alpha value is -2.74. The first-order chi connectivity index (χ1) is 14.3. The number of benzene rings is 2. The maximum absolute atomic E-state index is 14.3. The lowest BCUT2D eigenvalue weighted by atomic mass is 10.1. The molecule has 1 aromatic heterocycles. The fourth-order valence-electron chi connectivity index (χ4n) is 2.89. The number of aliphatic hydroxyl groups excluding tert-OH is 1. The number of amides is 1. The Kier molecular flexibility index (Phi) is 6.87. The third-order valence-electron chi connectivity index (χ3n) is 4.24. The van der Waals surface area contributed by atoms with E-state index in [4.69, 9.17) is 23.2 Å². The number of aromatic nitrogens is 1. The van der Waals surface area contributed by atoms with Crippen LogP contribution >= 0.6 is 23.2 Å². The number of hydrogen-bond donors (Lipinski definition) is 2. The van der Waals surface area contributed by atoms with Crippen molar-refractivity contribution in [2.45, 2.75) is 19.6 Å². The molecule has 0 bridgehead atoms. The van der Waals surface area contributed by atoms with Gasteiger partial charge in [-0.15, -0.1) is 0 Å². The minimum absolute atomic E-state index is 0.0607. The van der Waals surface area contributed by atoms with Gasteiger partial charge in [-0.25, -0.2) is 13.8 Å². The van der Waals surface area contributed by atoms with Gasteiger partial charge in [0.25, 0.3) is 0 Å². The summed E-state index contributed by atoms with van der Waals surface area (Å²) in [5, 5.41) is 13.6. The van der Waals surface area contributed by atoms with E-state index < -0.39 is 17.9 Å². The zero-order valence-corrected chi connectivity index (χ0v) is 17.3. The standard InChI is InChI=1S/C21H17Cl2F2N3O2/c1-12(29)28(18-7-3-6-17(24)21(18)25)19-10-13(8-9-26-19)27-20(30)11-14-15(22)4-2-5-16(14)23/h2-10,12,29H,11H2,1H3,(H,26,27,30). The second-order valence-corrected chi connectivity index (χ2v) is 7.22. The summed E-state index contributed by atoms with van der Waals surface area (Å²) in [6.45, 7) is 1.39. The molecule has 1 unspecified atom stereocenters. The molecule has 5 nitrogen and oxygen atoms in total. The predicted molar refractivity (Wildman–Crippen MR) is 113 cm³/mol. The molecule has 3 aromatic rings. The molecule has 3 rings (SSSR count). The lowest BCUT2D eigenvalue weighted by Crippen LogP contribution is -2.29. The van der Waals surface area contributed by atoms with Crippen LogP contribution < -0.4 is 10.2 Å². The topological polar surface area (TPSA) is 65.5 Å². The van der Waals surface area contributed by atoms with E-state index >= 15 is 0 Å². The molecule has 0 aliphatic rings. The molecule has 0 radical (unpaired) electrons. The van der Waals surface area contributed by atoms with Crippen LogP contribution in [0.3, 0.4) is 0 Å². The Bertz CT molecular complexity index is 1060. The van der Waals surface area contributed by atoms with Crippen LogP contribution in [0.1, 0.15) is 12.5 Å². The highest BCUT2D eigenvalue weighted by Crippen LogP contribution is 2.31. The van der Waals surface area contributed by atoms with E-state index in [0.29, 0.717) is 21.3 Å². The highest BCUT2D eigenvalue weighted by atomic mass is 35.5. The molecular formula is C21H17Cl2F2N3O2. The fraction of sp³-hybridized carbons (Fsp3) is 0.143. The van der Waals surface area contributed by atoms with Gasteiger partial charge in [-0.1, -0.05) is 35.3 Å². The summed E-state index contributed by atoms with van der Waals surface area (Å²) in [4.78, 5) is 17.7. The second kappa shape index (κ2) is 9.38. The van der Waals surface area contributed by atoms with Crippen LogP contribution in [0.25, 0.3) is 0 Å². The average Bonchev–Trinajstić information content (AvgIpc) is 2.68. The van der Waals surface area contributed by atoms with Crippen molar-refractivity contribution in [1.82, 2.24) is 4.98 Å². The predicted octanol–water partition coefficient (Wildman–Crippen LogP) is 5.32. The Morgan fingerprint density at radius 2 is 1.83 bits per heavy atom. The van der Waals surface area contributed by atoms with Gasteiger partial charge in [0.1, 0.15) is 12.0 Å². The van der Waals surface area contributed by atoms with Gasteiger partial charge in [0, 0.05) is 28.0 Å². The SMILES string of the molecule is CC(O)N(c1cc(NC(=O)Cc2c(Cl)cccc2Cl)ccn1)c1cccc(F)c1F. The van der Waals surface area contributed by atoms with E-state index in [1.165, 1.54) is 37.4 Å². The smallest absolute Gasteiger partial charge is 0.228 e. The van der Waals surface area contributed by atoms with Gasteiger partial charge >= 0.3 is 0 Å². The number of aliphatic hydroxyl groups is 1. The Morgan fingerprint density at radius 1 is 1.17 bits per heavy atom. The third-order valence-corrected chi connectivity index (χ3v) is 4.95. The largest absolute Gasteiger partial charge is 0.373 e. The number of carbonyl (C=O) groups excluding carboxylic acids is 1. The van der Waals surface area contributed by atoms with E-state index in [1.54, 1.807) is 18.2 Å². The molecule has 0 fully saturated rings. The number of halogens is 4. The van der Waals surface area contributed by atoms with Crippen LogP contribution in [0, 0.1) is 11.6 Å². The molecule has 0 aliphatic heterocycles. The summed E-state index contributed by atoms with van der Waals surface area (Å²) in [5.74, 6) is -2.45. The second-order valence-electron chi connectivity index (χ2n) is 6.40. The van der Waals surface area contributed by atoms with E-state index in [9.17, 15) is 18.7 Å². The van der Waals surface area contributed by atoms with Crippen LogP contribution in [0.5, 0.6) is 0 Å². The highest BCUT2D eigenvalue weighted by molar-refractivity contribution is 6.36. The molecule has 30 heavy (non-hydrogen) atoms. The molecule has 1 atom stereocenters. The highest BCUT2D eigenvalue weighted by Gasteiger charge is 2.22. The Morgan fingerprint density at radius 3 is 2.50 bits per heavy atom. The normalized spacial score (nSPS) is 11.8. The first kappa shape index (κ1) is 22.0. The van der Waals surface area contributed by atoms with Gasteiger partial charge in [-0.2, -0.15) is 0 Å². The van der Waals surface area contributed by atoms with E-state index in [2.05, 4.69) is 10.3 Å². The summed E-state index contributed by atoms with van der Waals surface area (Å²) in [6, 6.07) is 11.5. The number of pyridine rings is 1. The van der Waals surface area contributed by atoms with E-state index in [0.717, 1.165) is 11.0 Å². The quantitative estimate of drug-likeness (QED) is 0.497. The monoisotopic (exact) mass is 451 g/mol. The summed E-state index contributed by atoms with van der Waals surface area (Å²) in [6.07, 6.45) is 0.0936. The van der Waals surface area contributed by atoms with Crippen LogP contribution in [0.15, 0.2) is 54.7 Å². The maximum atomic E-state index is 14.3. The van der Waals surface area contributed by atoms with Gasteiger partial charge in [0.15, 0.2) is 11.6 Å². The summed E-state index contributed by atoms with van der Waals surface area (Å²) in [5.41, 5.74) is 0.638. The Balaban J connectivity index is 1.86. The Labute approximate surface area is 181 Å². The molecule has 0 saturated heterocycles. The zero-order valence-electron chi connectivity index (χ0n) is 15.7. The van der Waals surface area contributed by atoms with Crippen molar-refractivity contribution in [1.29, 1.82) is 0 Å². The van der Waals surface area contributed by atoms with Gasteiger partial charge in [-0.05, 0) is 42.8 Å². The van der Waals surface area contributed by atoms with Crippen LogP contribution in [0.2, 0.25) is 10.0 Å². The van der Waals surface area contributed by atoms with Gasteiger partial charge < -0.3 is 10.4 Å².